The van der Waals surface area contributed by atoms with Crippen molar-refractivity contribution < 1.29 is 24.2 Å². The summed E-state index contributed by atoms with van der Waals surface area (Å²) in [5.41, 5.74) is -0.361. The van der Waals surface area contributed by atoms with Gasteiger partial charge in [-0.2, -0.15) is 0 Å². The van der Waals surface area contributed by atoms with Crippen LogP contribution >= 0.6 is 0 Å². The highest BCUT2D eigenvalue weighted by Gasteiger charge is 2.40. The Morgan fingerprint density at radius 1 is 0.920 bits per heavy atom. The number of ether oxygens (including phenoxy) is 2. The molecule has 1 rings (SSSR count). The van der Waals surface area contributed by atoms with E-state index in [0.717, 1.165) is 19.3 Å². The Bertz CT molecular complexity index is 480. The molecule has 1 aliphatic rings. The number of aliphatic hydroxyl groups excluding tert-OH is 1. The lowest BCUT2D eigenvalue weighted by Crippen LogP contribution is -2.42. The number of aliphatic hydroxyl groups is 1. The lowest BCUT2D eigenvalue weighted by Gasteiger charge is -2.30. The summed E-state index contributed by atoms with van der Waals surface area (Å²) in [5.74, 6) is -3.12. The summed E-state index contributed by atoms with van der Waals surface area (Å²) in [4.78, 5) is 23.6. The fraction of sp³-hybridized carbons (Fsp3) is 0.700. The summed E-state index contributed by atoms with van der Waals surface area (Å²) < 4.78 is 9.96. The molecule has 0 unspecified atom stereocenters. The highest BCUT2D eigenvalue weighted by Crippen LogP contribution is 2.25. The normalized spacial score (nSPS) is 16.8. The molecule has 5 nitrogen and oxygen atoms in total. The molecule has 0 bridgehead atoms. The molecule has 1 saturated heterocycles. The molecule has 25 heavy (non-hydrogen) atoms. The minimum atomic E-state index is -1.27. The molecule has 0 aromatic rings. The van der Waals surface area contributed by atoms with Crippen LogP contribution in [-0.2, 0) is 19.1 Å². The van der Waals surface area contributed by atoms with Crippen LogP contribution in [-0.4, -0.2) is 22.8 Å². The summed E-state index contributed by atoms with van der Waals surface area (Å²) in [5, 5.41) is 10.0. The van der Waals surface area contributed by atoms with Gasteiger partial charge in [-0.25, -0.2) is 9.59 Å². The Morgan fingerprint density at radius 2 is 1.40 bits per heavy atom. The molecule has 0 aromatic heterocycles. The van der Waals surface area contributed by atoms with Crippen molar-refractivity contribution in [1.29, 1.82) is 0 Å². The number of carbonyl (C=O) groups excluding carboxylic acids is 2. The van der Waals surface area contributed by atoms with Crippen molar-refractivity contribution in [2.75, 3.05) is 0 Å². The lowest BCUT2D eigenvalue weighted by molar-refractivity contribution is -0.222. The van der Waals surface area contributed by atoms with Gasteiger partial charge in [0.05, 0.1) is 0 Å². The van der Waals surface area contributed by atoms with E-state index in [4.69, 9.17) is 9.47 Å². The van der Waals surface area contributed by atoms with E-state index in [1.54, 1.807) is 0 Å². The predicted octanol–water partition coefficient (Wildman–Crippen LogP) is 5.11. The molecule has 0 amide bonds. The quantitative estimate of drug-likeness (QED) is 0.140. The van der Waals surface area contributed by atoms with Crippen LogP contribution < -0.4 is 0 Å². The van der Waals surface area contributed by atoms with Crippen LogP contribution in [0, 0.1) is 0 Å². The number of cyclic esters (lactones) is 2. The third-order valence-electron chi connectivity index (χ3n) is 4.14. The predicted molar refractivity (Wildman–Crippen MR) is 96.9 cm³/mol. The first-order valence-electron chi connectivity index (χ1n) is 9.37. The Labute approximate surface area is 151 Å². The zero-order chi connectivity index (χ0) is 18.7. The lowest BCUT2D eigenvalue weighted by atomic mass is 10.0. The van der Waals surface area contributed by atoms with Crippen LogP contribution in [0.5, 0.6) is 0 Å². The van der Waals surface area contributed by atoms with Crippen LogP contribution in [0.3, 0.4) is 0 Å². The third kappa shape index (κ3) is 8.23. The van der Waals surface area contributed by atoms with Gasteiger partial charge in [0.25, 0.3) is 5.79 Å². The Kier molecular flexibility index (Phi) is 9.32. The van der Waals surface area contributed by atoms with E-state index in [-0.39, 0.29) is 11.3 Å². The Morgan fingerprint density at radius 3 is 1.92 bits per heavy atom. The first-order chi connectivity index (χ1) is 11.9. The molecule has 0 saturated carbocycles. The SMILES string of the molecule is C/C=C\CCCCCCCCCCC(O)=C1C(=O)OC(C)(C)OC1=O. The monoisotopic (exact) mass is 352 g/mol. The van der Waals surface area contributed by atoms with Gasteiger partial charge >= 0.3 is 11.9 Å². The molecule has 142 valence electrons. The second-order valence-electron chi connectivity index (χ2n) is 6.94. The molecule has 0 aromatic carbocycles. The number of allylic oxidation sites excluding steroid dienone is 3. The number of rotatable bonds is 11. The maximum Gasteiger partial charge on any atom is 0.352 e. The minimum absolute atomic E-state index is 0.227. The molecule has 1 heterocycles. The first-order valence-corrected chi connectivity index (χ1v) is 9.37. The minimum Gasteiger partial charge on any atom is -0.511 e. The van der Waals surface area contributed by atoms with Crippen molar-refractivity contribution in [2.45, 2.75) is 90.8 Å². The van der Waals surface area contributed by atoms with Crippen LogP contribution in [0.25, 0.3) is 0 Å². The third-order valence-corrected chi connectivity index (χ3v) is 4.14. The van der Waals surface area contributed by atoms with E-state index in [9.17, 15) is 14.7 Å². The highest BCUT2D eigenvalue weighted by molar-refractivity contribution is 6.15. The zero-order valence-electron chi connectivity index (χ0n) is 15.8. The average Bonchev–Trinajstić information content (AvgIpc) is 2.50. The van der Waals surface area contributed by atoms with Crippen molar-refractivity contribution >= 4 is 11.9 Å². The standard InChI is InChI=1S/C20H32O5/c1-4-5-6-7-8-9-10-11-12-13-14-15-16(21)17-18(22)24-20(2,3)25-19(17)23/h4-5,21H,6-15H2,1-3H3/b5-4-. The molecule has 1 N–H and O–H groups in total. The van der Waals surface area contributed by atoms with Gasteiger partial charge in [-0.1, -0.05) is 50.7 Å². The van der Waals surface area contributed by atoms with Crippen molar-refractivity contribution in [1.82, 2.24) is 0 Å². The van der Waals surface area contributed by atoms with Crippen LogP contribution in [0.1, 0.15) is 85.0 Å². The maximum atomic E-state index is 11.8. The fourth-order valence-electron chi connectivity index (χ4n) is 2.80. The highest BCUT2D eigenvalue weighted by atomic mass is 16.7. The van der Waals surface area contributed by atoms with Crippen molar-refractivity contribution in [2.24, 2.45) is 0 Å². The van der Waals surface area contributed by atoms with E-state index in [2.05, 4.69) is 19.1 Å². The second-order valence-corrected chi connectivity index (χ2v) is 6.94. The molecule has 1 fully saturated rings. The molecular weight excluding hydrogens is 320 g/mol. The molecule has 0 aliphatic carbocycles. The molecule has 0 radical (unpaired) electrons. The van der Waals surface area contributed by atoms with Gasteiger partial charge in [0.2, 0.25) is 0 Å². The number of hydrogen-bond donors (Lipinski definition) is 1. The topological polar surface area (TPSA) is 72.8 Å². The summed E-state index contributed by atoms with van der Waals surface area (Å²) in [6, 6.07) is 0. The molecule has 0 spiro atoms. The van der Waals surface area contributed by atoms with Gasteiger partial charge in [0.1, 0.15) is 5.76 Å². The first kappa shape index (κ1) is 21.3. The van der Waals surface area contributed by atoms with Gasteiger partial charge < -0.3 is 14.6 Å². The van der Waals surface area contributed by atoms with Crippen molar-refractivity contribution in [3.8, 4) is 0 Å². The van der Waals surface area contributed by atoms with Gasteiger partial charge in [-0.05, 0) is 26.2 Å². The van der Waals surface area contributed by atoms with E-state index < -0.39 is 17.7 Å². The number of carbonyl (C=O) groups is 2. The van der Waals surface area contributed by atoms with E-state index in [1.165, 1.54) is 52.4 Å². The molecule has 5 heteroatoms. The van der Waals surface area contributed by atoms with E-state index >= 15 is 0 Å². The molecular formula is C20H32O5. The number of esters is 2. The van der Waals surface area contributed by atoms with Crippen LogP contribution in [0.15, 0.2) is 23.5 Å². The number of hydrogen-bond acceptors (Lipinski definition) is 5. The van der Waals surface area contributed by atoms with Crippen LogP contribution in [0.2, 0.25) is 0 Å². The molecule has 0 atom stereocenters. The van der Waals surface area contributed by atoms with Gasteiger partial charge in [0.15, 0.2) is 5.57 Å². The average molecular weight is 352 g/mol. The zero-order valence-corrected chi connectivity index (χ0v) is 15.8. The Hall–Kier alpha value is -1.78. The van der Waals surface area contributed by atoms with Gasteiger partial charge in [0, 0.05) is 20.3 Å². The molecule has 1 aliphatic heterocycles. The van der Waals surface area contributed by atoms with E-state index in [1.807, 2.05) is 0 Å². The smallest absolute Gasteiger partial charge is 0.352 e. The van der Waals surface area contributed by atoms with E-state index in [0.29, 0.717) is 6.42 Å². The maximum absolute atomic E-state index is 11.8. The number of unbranched alkanes of at least 4 members (excludes halogenated alkanes) is 8. The van der Waals surface area contributed by atoms with Gasteiger partial charge in [-0.3, -0.25) is 0 Å². The largest absolute Gasteiger partial charge is 0.511 e. The summed E-state index contributed by atoms with van der Waals surface area (Å²) in [6.07, 6.45) is 14.8. The van der Waals surface area contributed by atoms with Crippen LogP contribution in [0.4, 0.5) is 0 Å². The summed E-state index contributed by atoms with van der Waals surface area (Å²) in [7, 11) is 0. The van der Waals surface area contributed by atoms with Gasteiger partial charge in [-0.15, -0.1) is 0 Å². The van der Waals surface area contributed by atoms with Crippen molar-refractivity contribution in [3.63, 3.8) is 0 Å². The Balaban J connectivity index is 2.17. The second kappa shape index (κ2) is 11.0. The van der Waals surface area contributed by atoms with Crippen molar-refractivity contribution in [3.05, 3.63) is 23.5 Å². The summed E-state index contributed by atoms with van der Waals surface area (Å²) >= 11 is 0. The fourth-order valence-corrected chi connectivity index (χ4v) is 2.80. The summed E-state index contributed by atoms with van der Waals surface area (Å²) in [6.45, 7) is 5.02.